The number of methoxy groups -OCH3 is 1. The lowest BCUT2D eigenvalue weighted by Crippen LogP contribution is -2.18. The van der Waals surface area contributed by atoms with Gasteiger partial charge in [-0.25, -0.2) is 0 Å². The predicted octanol–water partition coefficient (Wildman–Crippen LogP) is 4.67. The first kappa shape index (κ1) is 16.1. The van der Waals surface area contributed by atoms with Crippen LogP contribution >= 0.6 is 27.5 Å². The summed E-state index contributed by atoms with van der Waals surface area (Å²) in [6.45, 7) is 2.56. The Bertz CT molecular complexity index is 634. The summed E-state index contributed by atoms with van der Waals surface area (Å²) in [5, 5.41) is 14.0. The van der Waals surface area contributed by atoms with Crippen LogP contribution in [-0.2, 0) is 6.54 Å². The highest BCUT2D eigenvalue weighted by molar-refractivity contribution is 9.10. The number of rotatable bonds is 5. The largest absolute Gasteiger partial charge is 0.504 e. The van der Waals surface area contributed by atoms with E-state index in [0.29, 0.717) is 22.9 Å². The van der Waals surface area contributed by atoms with Gasteiger partial charge in [0.2, 0.25) is 0 Å². The number of hydrogen-bond acceptors (Lipinski definition) is 3. The van der Waals surface area contributed by atoms with Crippen molar-refractivity contribution >= 4 is 27.5 Å². The SMILES string of the molecule is COc1cc(Cl)cc(CNC(C)c2ccccc2Br)c1O. The number of hydrogen-bond donors (Lipinski definition) is 2. The van der Waals surface area contributed by atoms with Crippen molar-refractivity contribution in [1.82, 2.24) is 5.32 Å². The van der Waals surface area contributed by atoms with E-state index in [1.165, 1.54) is 7.11 Å². The predicted molar refractivity (Wildman–Crippen MR) is 89.1 cm³/mol. The molecule has 112 valence electrons. The van der Waals surface area contributed by atoms with Gasteiger partial charge in [0.05, 0.1) is 7.11 Å². The Hall–Kier alpha value is -1.23. The van der Waals surface area contributed by atoms with E-state index in [2.05, 4.69) is 34.2 Å². The molecular formula is C16H17BrClNO2. The monoisotopic (exact) mass is 369 g/mol. The van der Waals surface area contributed by atoms with Gasteiger partial charge in [-0.3, -0.25) is 0 Å². The topological polar surface area (TPSA) is 41.5 Å². The van der Waals surface area contributed by atoms with Crippen molar-refractivity contribution in [2.75, 3.05) is 7.11 Å². The molecule has 0 bridgehead atoms. The van der Waals surface area contributed by atoms with Gasteiger partial charge >= 0.3 is 0 Å². The number of phenolic OH excluding ortho intramolecular Hbond substituents is 1. The van der Waals surface area contributed by atoms with Crippen LogP contribution in [0.2, 0.25) is 5.02 Å². The third-order valence-electron chi connectivity index (χ3n) is 3.31. The minimum Gasteiger partial charge on any atom is -0.504 e. The Morgan fingerprint density at radius 3 is 2.71 bits per heavy atom. The summed E-state index contributed by atoms with van der Waals surface area (Å²) >= 11 is 9.57. The lowest BCUT2D eigenvalue weighted by Gasteiger charge is -2.17. The zero-order valence-electron chi connectivity index (χ0n) is 11.9. The molecule has 0 fully saturated rings. The third-order valence-corrected chi connectivity index (χ3v) is 4.25. The highest BCUT2D eigenvalue weighted by Gasteiger charge is 2.13. The standard InChI is InChI=1S/C16H17BrClNO2/c1-10(13-5-3-4-6-14(13)17)19-9-11-7-12(18)8-15(21-2)16(11)20/h3-8,10,19-20H,9H2,1-2H3. The molecule has 0 saturated carbocycles. The first-order chi connectivity index (χ1) is 10.0. The summed E-state index contributed by atoms with van der Waals surface area (Å²) in [6, 6.07) is 11.5. The van der Waals surface area contributed by atoms with Crippen LogP contribution in [0.5, 0.6) is 11.5 Å². The Morgan fingerprint density at radius 2 is 2.05 bits per heavy atom. The van der Waals surface area contributed by atoms with Gasteiger partial charge < -0.3 is 15.2 Å². The molecule has 0 aliphatic heterocycles. The maximum atomic E-state index is 10.1. The minimum absolute atomic E-state index is 0.119. The Kier molecular flexibility index (Phi) is 5.51. The van der Waals surface area contributed by atoms with Crippen LogP contribution in [0.15, 0.2) is 40.9 Å². The zero-order chi connectivity index (χ0) is 15.4. The van der Waals surface area contributed by atoms with E-state index in [-0.39, 0.29) is 11.8 Å². The van der Waals surface area contributed by atoms with Crippen molar-refractivity contribution in [3.8, 4) is 11.5 Å². The fourth-order valence-corrected chi connectivity index (χ4v) is 2.98. The molecule has 5 heteroatoms. The molecule has 0 spiro atoms. The normalized spacial score (nSPS) is 12.2. The van der Waals surface area contributed by atoms with Gasteiger partial charge in [-0.2, -0.15) is 0 Å². The fraction of sp³-hybridized carbons (Fsp3) is 0.250. The quantitative estimate of drug-likeness (QED) is 0.804. The van der Waals surface area contributed by atoms with Crippen molar-refractivity contribution < 1.29 is 9.84 Å². The second-order valence-corrected chi connectivity index (χ2v) is 6.03. The smallest absolute Gasteiger partial charge is 0.162 e. The molecule has 21 heavy (non-hydrogen) atoms. The molecular weight excluding hydrogens is 354 g/mol. The summed E-state index contributed by atoms with van der Waals surface area (Å²) in [4.78, 5) is 0. The summed E-state index contributed by atoms with van der Waals surface area (Å²) in [5.74, 6) is 0.501. The molecule has 2 aromatic carbocycles. The van der Waals surface area contributed by atoms with Crippen molar-refractivity contribution in [2.24, 2.45) is 0 Å². The maximum absolute atomic E-state index is 10.1. The summed E-state index contributed by atoms with van der Waals surface area (Å²) in [7, 11) is 1.51. The second-order valence-electron chi connectivity index (χ2n) is 4.74. The van der Waals surface area contributed by atoms with Crippen LogP contribution in [0, 0.1) is 0 Å². The molecule has 0 amide bonds. The molecule has 0 radical (unpaired) electrons. The van der Waals surface area contributed by atoms with E-state index in [0.717, 1.165) is 10.0 Å². The second kappa shape index (κ2) is 7.16. The van der Waals surface area contributed by atoms with E-state index in [1.54, 1.807) is 12.1 Å². The number of phenols is 1. The molecule has 0 aliphatic rings. The molecule has 1 unspecified atom stereocenters. The van der Waals surface area contributed by atoms with Gasteiger partial charge in [0.25, 0.3) is 0 Å². The van der Waals surface area contributed by atoms with Gasteiger partial charge in [0.1, 0.15) is 0 Å². The van der Waals surface area contributed by atoms with Crippen LogP contribution < -0.4 is 10.1 Å². The average molecular weight is 371 g/mol. The van der Waals surface area contributed by atoms with Gasteiger partial charge in [0.15, 0.2) is 11.5 Å². The van der Waals surface area contributed by atoms with Crippen LogP contribution in [0.4, 0.5) is 0 Å². The first-order valence-electron chi connectivity index (χ1n) is 6.56. The molecule has 2 aromatic rings. The number of aromatic hydroxyl groups is 1. The summed E-state index contributed by atoms with van der Waals surface area (Å²) in [6.07, 6.45) is 0. The number of nitrogens with one attached hydrogen (secondary N) is 1. The van der Waals surface area contributed by atoms with Gasteiger partial charge in [-0.05, 0) is 24.6 Å². The molecule has 1 atom stereocenters. The molecule has 2 rings (SSSR count). The van der Waals surface area contributed by atoms with Crippen molar-refractivity contribution in [3.63, 3.8) is 0 Å². The van der Waals surface area contributed by atoms with E-state index in [4.69, 9.17) is 16.3 Å². The van der Waals surface area contributed by atoms with Crippen molar-refractivity contribution in [1.29, 1.82) is 0 Å². The molecule has 0 heterocycles. The summed E-state index contributed by atoms with van der Waals surface area (Å²) in [5.41, 5.74) is 1.87. The van der Waals surface area contributed by atoms with Crippen LogP contribution in [-0.4, -0.2) is 12.2 Å². The van der Waals surface area contributed by atoms with Crippen molar-refractivity contribution in [3.05, 3.63) is 57.0 Å². The Labute approximate surface area is 138 Å². The van der Waals surface area contributed by atoms with Gasteiger partial charge in [-0.15, -0.1) is 0 Å². The average Bonchev–Trinajstić information content (AvgIpc) is 2.47. The number of benzene rings is 2. The van der Waals surface area contributed by atoms with Crippen LogP contribution in [0.1, 0.15) is 24.1 Å². The lowest BCUT2D eigenvalue weighted by molar-refractivity contribution is 0.369. The van der Waals surface area contributed by atoms with Gasteiger partial charge in [-0.1, -0.05) is 45.7 Å². The molecule has 2 N–H and O–H groups in total. The van der Waals surface area contributed by atoms with E-state index in [1.807, 2.05) is 18.2 Å². The number of ether oxygens (including phenoxy) is 1. The van der Waals surface area contributed by atoms with E-state index < -0.39 is 0 Å². The molecule has 0 saturated heterocycles. The molecule has 3 nitrogen and oxygen atoms in total. The lowest BCUT2D eigenvalue weighted by atomic mass is 10.1. The number of halogens is 2. The highest BCUT2D eigenvalue weighted by atomic mass is 79.9. The molecule has 0 aromatic heterocycles. The fourth-order valence-electron chi connectivity index (χ4n) is 2.12. The maximum Gasteiger partial charge on any atom is 0.162 e. The zero-order valence-corrected chi connectivity index (χ0v) is 14.2. The van der Waals surface area contributed by atoms with E-state index >= 15 is 0 Å². The Balaban J connectivity index is 2.13. The van der Waals surface area contributed by atoms with Crippen LogP contribution in [0.3, 0.4) is 0 Å². The van der Waals surface area contributed by atoms with E-state index in [9.17, 15) is 5.11 Å². The van der Waals surface area contributed by atoms with Crippen molar-refractivity contribution in [2.45, 2.75) is 19.5 Å². The van der Waals surface area contributed by atoms with Crippen LogP contribution in [0.25, 0.3) is 0 Å². The molecule has 0 aliphatic carbocycles. The first-order valence-corrected chi connectivity index (χ1v) is 7.73. The Morgan fingerprint density at radius 1 is 1.33 bits per heavy atom. The summed E-state index contributed by atoms with van der Waals surface area (Å²) < 4.78 is 6.16. The minimum atomic E-state index is 0.119. The van der Waals surface area contributed by atoms with Gasteiger partial charge in [0, 0.05) is 33.7 Å². The highest BCUT2D eigenvalue weighted by Crippen LogP contribution is 2.33. The third kappa shape index (κ3) is 3.90.